The number of nitrogens with zero attached hydrogens (tertiary/aromatic N) is 3. The number of nitrogens with one attached hydrogen (secondary N) is 1. The first-order valence-corrected chi connectivity index (χ1v) is 7.84. The Bertz CT molecular complexity index is 353. The Hall–Kier alpha value is -0.940. The molecular weight excluding hydrogens is 252 g/mol. The molecule has 1 aromatic rings. The molecule has 20 heavy (non-hydrogen) atoms. The summed E-state index contributed by atoms with van der Waals surface area (Å²) in [6, 6.07) is 0.451. The molecule has 5 nitrogen and oxygen atoms in total. The third-order valence-electron chi connectivity index (χ3n) is 3.57. The molecule has 116 valence electrons. The third kappa shape index (κ3) is 6.01. The third-order valence-corrected chi connectivity index (χ3v) is 3.57. The fourth-order valence-corrected chi connectivity index (χ4v) is 2.24. The minimum Gasteiger partial charge on any atom is -0.382 e. The van der Waals surface area contributed by atoms with E-state index < -0.39 is 0 Å². The van der Waals surface area contributed by atoms with Gasteiger partial charge >= 0.3 is 0 Å². The maximum absolute atomic E-state index is 5.34. The highest BCUT2D eigenvalue weighted by Crippen LogP contribution is 2.09. The van der Waals surface area contributed by atoms with Crippen molar-refractivity contribution in [1.29, 1.82) is 0 Å². The van der Waals surface area contributed by atoms with Crippen LogP contribution < -0.4 is 5.32 Å². The van der Waals surface area contributed by atoms with Gasteiger partial charge in [-0.1, -0.05) is 13.8 Å². The number of hydrogen-bond donors (Lipinski definition) is 1. The van der Waals surface area contributed by atoms with Crippen LogP contribution in [0.4, 0.5) is 0 Å². The van der Waals surface area contributed by atoms with Crippen molar-refractivity contribution < 1.29 is 4.74 Å². The van der Waals surface area contributed by atoms with Gasteiger partial charge in [-0.3, -0.25) is 4.68 Å². The molecule has 0 fully saturated rings. The Kier molecular flexibility index (Phi) is 8.46. The van der Waals surface area contributed by atoms with E-state index in [9.17, 15) is 0 Å². The summed E-state index contributed by atoms with van der Waals surface area (Å²) < 4.78 is 7.37. The topological polar surface area (TPSA) is 52.0 Å². The molecule has 2 atom stereocenters. The summed E-state index contributed by atoms with van der Waals surface area (Å²) in [5, 5.41) is 7.92. The lowest BCUT2D eigenvalue weighted by atomic mass is 10.0. The average Bonchev–Trinajstić information content (AvgIpc) is 2.89. The molecule has 1 aromatic heterocycles. The first kappa shape index (κ1) is 17.1. The summed E-state index contributed by atoms with van der Waals surface area (Å²) >= 11 is 0. The second kappa shape index (κ2) is 9.88. The van der Waals surface area contributed by atoms with Gasteiger partial charge in [-0.15, -0.1) is 0 Å². The molecule has 0 amide bonds. The molecule has 1 rings (SSSR count). The van der Waals surface area contributed by atoms with Gasteiger partial charge in [0, 0.05) is 26.1 Å². The summed E-state index contributed by atoms with van der Waals surface area (Å²) in [6.07, 6.45) is 7.33. The molecule has 0 aliphatic rings. The molecule has 0 aliphatic carbocycles. The quantitative estimate of drug-likeness (QED) is 0.677. The van der Waals surface area contributed by atoms with Crippen LogP contribution in [0.25, 0.3) is 0 Å². The predicted molar refractivity (Wildman–Crippen MR) is 81.8 cm³/mol. The average molecular weight is 282 g/mol. The Balaban J connectivity index is 2.55. The molecule has 0 saturated heterocycles. The van der Waals surface area contributed by atoms with Gasteiger partial charge in [-0.2, -0.15) is 5.10 Å². The van der Waals surface area contributed by atoms with E-state index in [4.69, 9.17) is 4.74 Å². The van der Waals surface area contributed by atoms with E-state index in [2.05, 4.69) is 36.2 Å². The van der Waals surface area contributed by atoms with Crippen LogP contribution in [-0.2, 0) is 17.7 Å². The Labute approximate surface area is 123 Å². The van der Waals surface area contributed by atoms with E-state index in [1.807, 2.05) is 4.68 Å². The number of hydrogen-bond acceptors (Lipinski definition) is 4. The molecule has 0 aromatic carbocycles. The van der Waals surface area contributed by atoms with Gasteiger partial charge in [-0.05, 0) is 39.2 Å². The fraction of sp³-hybridized carbons (Fsp3) is 0.867. The standard InChI is InChI=1S/C15H30N4O/c1-5-9-16-14(8-7-13(3)20-4)11-15-17-12-18-19(15)10-6-2/h12-14,16H,5-11H2,1-4H3. The van der Waals surface area contributed by atoms with E-state index in [1.54, 1.807) is 13.4 Å². The van der Waals surface area contributed by atoms with Gasteiger partial charge < -0.3 is 10.1 Å². The maximum Gasteiger partial charge on any atom is 0.138 e. The molecular formula is C15H30N4O. The van der Waals surface area contributed by atoms with Crippen molar-refractivity contribution in [3.8, 4) is 0 Å². The van der Waals surface area contributed by atoms with Crippen molar-refractivity contribution in [1.82, 2.24) is 20.1 Å². The molecule has 5 heteroatoms. The van der Waals surface area contributed by atoms with E-state index in [-0.39, 0.29) is 0 Å². The number of aryl methyl sites for hydroxylation is 1. The minimum absolute atomic E-state index is 0.314. The minimum atomic E-state index is 0.314. The van der Waals surface area contributed by atoms with Crippen molar-refractivity contribution in [2.24, 2.45) is 0 Å². The highest BCUT2D eigenvalue weighted by atomic mass is 16.5. The lowest BCUT2D eigenvalue weighted by molar-refractivity contribution is 0.106. The van der Waals surface area contributed by atoms with E-state index in [0.717, 1.165) is 51.0 Å². The van der Waals surface area contributed by atoms with Crippen LogP contribution in [0.1, 0.15) is 52.3 Å². The van der Waals surface area contributed by atoms with Crippen molar-refractivity contribution in [2.45, 2.75) is 71.6 Å². The lowest BCUT2D eigenvalue weighted by Gasteiger charge is -2.20. The van der Waals surface area contributed by atoms with Gasteiger partial charge in [0.15, 0.2) is 0 Å². The second-order valence-electron chi connectivity index (χ2n) is 5.38. The van der Waals surface area contributed by atoms with Gasteiger partial charge in [0.2, 0.25) is 0 Å². The van der Waals surface area contributed by atoms with Crippen molar-refractivity contribution >= 4 is 0 Å². The summed E-state index contributed by atoms with van der Waals surface area (Å²) in [5.74, 6) is 1.09. The molecule has 0 spiro atoms. The SMILES string of the molecule is CCCNC(CCC(C)OC)Cc1ncnn1CCC. The molecule has 0 bridgehead atoms. The zero-order valence-corrected chi connectivity index (χ0v) is 13.4. The lowest BCUT2D eigenvalue weighted by Crippen LogP contribution is -2.33. The first-order valence-electron chi connectivity index (χ1n) is 7.84. The summed E-state index contributed by atoms with van der Waals surface area (Å²) in [4.78, 5) is 4.41. The highest BCUT2D eigenvalue weighted by molar-refractivity contribution is 4.90. The van der Waals surface area contributed by atoms with Gasteiger partial charge in [0.25, 0.3) is 0 Å². The maximum atomic E-state index is 5.34. The number of aromatic nitrogens is 3. The van der Waals surface area contributed by atoms with Crippen molar-refractivity contribution in [2.75, 3.05) is 13.7 Å². The van der Waals surface area contributed by atoms with Crippen LogP contribution in [0, 0.1) is 0 Å². The Morgan fingerprint density at radius 3 is 2.75 bits per heavy atom. The highest BCUT2D eigenvalue weighted by Gasteiger charge is 2.14. The van der Waals surface area contributed by atoms with Gasteiger partial charge in [0.05, 0.1) is 6.10 Å². The predicted octanol–water partition coefficient (Wildman–Crippen LogP) is 2.41. The molecule has 0 saturated carbocycles. The largest absolute Gasteiger partial charge is 0.382 e. The summed E-state index contributed by atoms with van der Waals surface area (Å²) in [6.45, 7) is 8.48. The molecule has 0 aliphatic heterocycles. The van der Waals surface area contributed by atoms with E-state index in [0.29, 0.717) is 12.1 Å². The van der Waals surface area contributed by atoms with Crippen LogP contribution >= 0.6 is 0 Å². The molecule has 1 N–H and O–H groups in total. The van der Waals surface area contributed by atoms with Gasteiger partial charge in [0.1, 0.15) is 12.2 Å². The number of methoxy groups -OCH3 is 1. The molecule has 0 radical (unpaired) electrons. The van der Waals surface area contributed by atoms with E-state index in [1.165, 1.54) is 0 Å². The van der Waals surface area contributed by atoms with Crippen LogP contribution in [0.5, 0.6) is 0 Å². The van der Waals surface area contributed by atoms with Crippen molar-refractivity contribution in [3.63, 3.8) is 0 Å². The number of rotatable bonds is 11. The molecule has 1 heterocycles. The van der Waals surface area contributed by atoms with Crippen LogP contribution in [0.3, 0.4) is 0 Å². The number of ether oxygens (including phenoxy) is 1. The summed E-state index contributed by atoms with van der Waals surface area (Å²) in [5.41, 5.74) is 0. The smallest absolute Gasteiger partial charge is 0.138 e. The van der Waals surface area contributed by atoms with Gasteiger partial charge in [-0.25, -0.2) is 4.98 Å². The zero-order chi connectivity index (χ0) is 14.8. The monoisotopic (exact) mass is 282 g/mol. The molecule has 2 unspecified atom stereocenters. The Morgan fingerprint density at radius 2 is 2.10 bits per heavy atom. The van der Waals surface area contributed by atoms with Crippen LogP contribution in [0.15, 0.2) is 6.33 Å². The van der Waals surface area contributed by atoms with Crippen LogP contribution in [-0.4, -0.2) is 40.6 Å². The Morgan fingerprint density at radius 1 is 1.30 bits per heavy atom. The fourth-order valence-electron chi connectivity index (χ4n) is 2.24. The second-order valence-corrected chi connectivity index (χ2v) is 5.38. The normalized spacial score (nSPS) is 14.4. The summed E-state index contributed by atoms with van der Waals surface area (Å²) in [7, 11) is 1.77. The van der Waals surface area contributed by atoms with E-state index >= 15 is 0 Å². The zero-order valence-electron chi connectivity index (χ0n) is 13.4. The first-order chi connectivity index (χ1) is 9.71. The van der Waals surface area contributed by atoms with Crippen LogP contribution in [0.2, 0.25) is 0 Å². The van der Waals surface area contributed by atoms with Crippen molar-refractivity contribution in [3.05, 3.63) is 12.2 Å².